The molecule has 21 nitrogen and oxygen atoms in total. The lowest BCUT2D eigenvalue weighted by molar-refractivity contribution is -0.146. The minimum atomic E-state index is -4.34. The number of ether oxygens (including phenoxy) is 7. The van der Waals surface area contributed by atoms with E-state index < -0.39 is 49.7 Å². The summed E-state index contributed by atoms with van der Waals surface area (Å²) in [5.74, 6) is 0.177. The summed E-state index contributed by atoms with van der Waals surface area (Å²) in [6.45, 7) is 3.90. The molecule has 8 aromatic rings. The molecule has 0 spiro atoms. The standard InChI is InChI=1S/C57H60N6O15S3/c1-39-13-24-50(25-14-39)81(69,70)78-32-30-74-28-27-73-29-31-75-48-12-8-9-41(33-48)37-76-40(2)54(55(65)66)59-53(64)36-63-35-45(60-62-63)38-77-49-23-26-51-52(34-49)79-56(58-51)80(67,68)61-57(42-10-6-5-7-11-42,43-15-19-46(71-3)20-16-43)44-17-21-47(72-4)22-18-44/h5-26,33-35,40,54,61H,27-32,36-38H2,1-4H3,(H,59,64)(H,65,66). The largest absolute Gasteiger partial charge is 0.497 e. The van der Waals surface area contributed by atoms with E-state index in [1.807, 2.05) is 61.5 Å². The van der Waals surface area contributed by atoms with Crippen LogP contribution in [-0.4, -0.2) is 120 Å². The molecule has 2 heterocycles. The molecule has 426 valence electrons. The number of methoxy groups -OCH3 is 2. The van der Waals surface area contributed by atoms with Gasteiger partial charge in [-0.05, 0) is 103 Å². The molecule has 81 heavy (non-hydrogen) atoms. The van der Waals surface area contributed by atoms with Crippen LogP contribution in [0.3, 0.4) is 0 Å². The highest BCUT2D eigenvalue weighted by Gasteiger charge is 2.42. The molecular weight excluding hydrogens is 1100 g/mol. The quantitative estimate of drug-likeness (QED) is 0.0223. The first-order valence-corrected chi connectivity index (χ1v) is 29.0. The number of carbonyl (C=O) groups is 2. The maximum atomic E-state index is 14.6. The van der Waals surface area contributed by atoms with Crippen LogP contribution in [0, 0.1) is 6.92 Å². The lowest BCUT2D eigenvalue weighted by atomic mass is 9.78. The fraction of sp³-hybridized carbons (Fsp3) is 0.281. The van der Waals surface area contributed by atoms with Crippen LogP contribution in [0.15, 0.2) is 161 Å². The van der Waals surface area contributed by atoms with Gasteiger partial charge in [0.1, 0.15) is 54.0 Å². The van der Waals surface area contributed by atoms with Gasteiger partial charge in [0.25, 0.3) is 20.1 Å². The van der Waals surface area contributed by atoms with E-state index in [9.17, 15) is 31.5 Å². The molecule has 24 heteroatoms. The van der Waals surface area contributed by atoms with E-state index >= 15 is 0 Å². The van der Waals surface area contributed by atoms with Crippen molar-refractivity contribution in [3.8, 4) is 23.0 Å². The molecule has 2 unspecified atom stereocenters. The van der Waals surface area contributed by atoms with Crippen molar-refractivity contribution >= 4 is 53.6 Å². The molecular formula is C57H60N6O15S3. The monoisotopic (exact) mass is 1160 g/mol. The number of nitrogens with zero attached hydrogens (tertiary/aromatic N) is 4. The summed E-state index contributed by atoms with van der Waals surface area (Å²) < 4.78 is 103. The summed E-state index contributed by atoms with van der Waals surface area (Å²) in [5.41, 5.74) is 2.92. The van der Waals surface area contributed by atoms with Crippen LogP contribution in [-0.2, 0) is 73.4 Å². The Labute approximate surface area is 472 Å². The summed E-state index contributed by atoms with van der Waals surface area (Å²) in [6.07, 6.45) is 0.543. The molecule has 0 bridgehead atoms. The van der Waals surface area contributed by atoms with Crippen molar-refractivity contribution in [2.24, 2.45) is 0 Å². The van der Waals surface area contributed by atoms with Gasteiger partial charge in [-0.1, -0.05) is 89.6 Å². The second-order valence-electron chi connectivity index (χ2n) is 18.2. The van der Waals surface area contributed by atoms with E-state index in [1.54, 1.807) is 93.1 Å². The second-order valence-corrected chi connectivity index (χ2v) is 22.7. The number of hydrogen-bond donors (Lipinski definition) is 3. The van der Waals surface area contributed by atoms with Gasteiger partial charge in [-0.25, -0.2) is 22.9 Å². The summed E-state index contributed by atoms with van der Waals surface area (Å²) in [6, 6.07) is 40.6. The Morgan fingerprint density at radius 1 is 0.691 bits per heavy atom. The molecule has 2 atom stereocenters. The van der Waals surface area contributed by atoms with Crippen LogP contribution >= 0.6 is 11.3 Å². The number of thiazole rings is 1. The first-order chi connectivity index (χ1) is 39.0. The Balaban J connectivity index is 0.794. The molecule has 0 fully saturated rings. The van der Waals surface area contributed by atoms with Gasteiger partial charge in [-0.15, -0.1) is 16.4 Å². The summed E-state index contributed by atoms with van der Waals surface area (Å²) >= 11 is 0.973. The molecule has 0 radical (unpaired) electrons. The molecule has 3 N–H and O–H groups in total. The first-order valence-electron chi connectivity index (χ1n) is 25.3. The normalized spacial score (nSPS) is 12.6. The number of carboxylic acids is 1. The van der Waals surface area contributed by atoms with Crippen LogP contribution in [0.4, 0.5) is 0 Å². The fourth-order valence-electron chi connectivity index (χ4n) is 8.33. The van der Waals surface area contributed by atoms with Crippen molar-refractivity contribution in [3.05, 3.63) is 185 Å². The van der Waals surface area contributed by atoms with Gasteiger partial charge < -0.3 is 43.6 Å². The Kier molecular flexibility index (Phi) is 20.2. The number of carboxylic acid groups (broad SMARTS) is 1. The number of carbonyl (C=O) groups excluding carboxylic acids is 1. The SMILES string of the molecule is COc1ccc(C(NS(=O)(=O)c2nc3ccc(OCc4cn(CC(=O)NC(C(=O)O)C(C)OCc5cccc(OCCOCCOCCOS(=O)(=O)c6ccc(C)cc6)c5)nn4)cc3s2)(c2ccccc2)c2ccc(OC)cc2)cc1. The van der Waals surface area contributed by atoms with Crippen LogP contribution < -0.4 is 29.0 Å². The third-order valence-electron chi connectivity index (χ3n) is 12.5. The van der Waals surface area contributed by atoms with Gasteiger partial charge in [-0.3, -0.25) is 8.98 Å². The Morgan fingerprint density at radius 3 is 1.96 bits per heavy atom. The fourth-order valence-corrected chi connectivity index (χ4v) is 11.8. The number of sulfonamides is 1. The van der Waals surface area contributed by atoms with E-state index in [0.717, 1.165) is 16.9 Å². The Bertz CT molecular complexity index is 3540. The number of amides is 1. The van der Waals surface area contributed by atoms with Gasteiger partial charge in [0.15, 0.2) is 6.04 Å². The van der Waals surface area contributed by atoms with Gasteiger partial charge in [0.2, 0.25) is 10.2 Å². The van der Waals surface area contributed by atoms with E-state index in [2.05, 4.69) is 25.3 Å². The predicted octanol–water partition coefficient (Wildman–Crippen LogP) is 7.06. The molecule has 6 aromatic carbocycles. The number of aromatic nitrogens is 4. The number of hydrogen-bond acceptors (Lipinski definition) is 18. The van der Waals surface area contributed by atoms with Crippen molar-refractivity contribution in [1.29, 1.82) is 0 Å². The highest BCUT2D eigenvalue weighted by atomic mass is 32.2. The third kappa shape index (κ3) is 15.8. The number of nitrogens with one attached hydrogen (secondary N) is 2. The zero-order valence-electron chi connectivity index (χ0n) is 44.6. The lowest BCUT2D eigenvalue weighted by Crippen LogP contribution is -2.49. The van der Waals surface area contributed by atoms with Crippen molar-refractivity contribution in [1.82, 2.24) is 30.0 Å². The maximum Gasteiger partial charge on any atom is 0.328 e. The number of rotatable bonds is 31. The number of benzene rings is 6. The van der Waals surface area contributed by atoms with Gasteiger partial charge in [0.05, 0.1) is 81.3 Å². The van der Waals surface area contributed by atoms with Crippen molar-refractivity contribution in [3.63, 3.8) is 0 Å². The maximum absolute atomic E-state index is 14.6. The molecule has 0 saturated heterocycles. The van der Waals surface area contributed by atoms with Crippen LogP contribution in [0.2, 0.25) is 0 Å². The van der Waals surface area contributed by atoms with Crippen molar-refractivity contribution < 1.29 is 68.9 Å². The van der Waals surface area contributed by atoms with Crippen LogP contribution in [0.25, 0.3) is 10.2 Å². The zero-order valence-corrected chi connectivity index (χ0v) is 47.1. The molecule has 1 amide bonds. The topological polar surface area (TPSA) is 264 Å². The summed E-state index contributed by atoms with van der Waals surface area (Å²) in [4.78, 5) is 30.0. The van der Waals surface area contributed by atoms with Gasteiger partial charge in [0, 0.05) is 0 Å². The second kappa shape index (κ2) is 27.6. The summed E-state index contributed by atoms with van der Waals surface area (Å²) in [5, 5.41) is 20.6. The van der Waals surface area contributed by atoms with Gasteiger partial charge >= 0.3 is 5.97 Å². The Hall–Kier alpha value is -7.81. The molecule has 0 aliphatic rings. The first kappa shape index (κ1) is 59.3. The highest BCUT2D eigenvalue weighted by Crippen LogP contribution is 2.41. The van der Waals surface area contributed by atoms with Gasteiger partial charge in [-0.2, -0.15) is 13.1 Å². The van der Waals surface area contributed by atoms with E-state index in [4.69, 9.17) is 37.3 Å². The van der Waals surface area contributed by atoms with E-state index in [0.29, 0.717) is 61.2 Å². The minimum Gasteiger partial charge on any atom is -0.497 e. The number of fused-ring (bicyclic) bond motifs is 1. The minimum absolute atomic E-state index is 0.0217. The van der Waals surface area contributed by atoms with E-state index in [1.165, 1.54) is 29.9 Å². The lowest BCUT2D eigenvalue weighted by Gasteiger charge is -2.36. The predicted molar refractivity (Wildman–Crippen MR) is 298 cm³/mol. The molecule has 0 aliphatic carbocycles. The average Bonchev–Trinajstić information content (AvgIpc) is 4.24. The smallest absolute Gasteiger partial charge is 0.328 e. The molecule has 2 aromatic heterocycles. The summed E-state index contributed by atoms with van der Waals surface area (Å²) in [7, 11) is -5.08. The van der Waals surface area contributed by atoms with Crippen molar-refractivity contribution in [2.75, 3.05) is 53.9 Å². The molecule has 8 rings (SSSR count). The zero-order chi connectivity index (χ0) is 57.4. The van der Waals surface area contributed by atoms with Crippen LogP contribution in [0.5, 0.6) is 23.0 Å². The highest BCUT2D eigenvalue weighted by molar-refractivity contribution is 7.91. The average molecular weight is 1170 g/mol. The molecule has 0 aliphatic heterocycles. The van der Waals surface area contributed by atoms with E-state index in [-0.39, 0.29) is 68.6 Å². The number of aliphatic carboxylic acids is 1. The van der Waals surface area contributed by atoms with Crippen molar-refractivity contribution in [2.45, 2.75) is 60.5 Å². The number of aryl methyl sites for hydroxylation is 1. The third-order valence-corrected chi connectivity index (χ3v) is 16.7. The molecule has 0 saturated carbocycles. The van der Waals surface area contributed by atoms with Crippen LogP contribution in [0.1, 0.15) is 40.4 Å². The Morgan fingerprint density at radius 2 is 1.31 bits per heavy atom.